The zero-order valence-electron chi connectivity index (χ0n) is 12.3. The van der Waals surface area contributed by atoms with Gasteiger partial charge in [-0.1, -0.05) is 17.7 Å². The van der Waals surface area contributed by atoms with Crippen molar-refractivity contribution in [2.45, 2.75) is 38.6 Å². The van der Waals surface area contributed by atoms with Crippen LogP contribution < -0.4 is 0 Å². The van der Waals surface area contributed by atoms with E-state index >= 15 is 0 Å². The number of rotatable bonds is 3. The summed E-state index contributed by atoms with van der Waals surface area (Å²) in [5.74, 6) is 0.215. The monoisotopic (exact) mass is 272 g/mol. The number of amides is 1. The number of nitrogens with zero attached hydrogens (tertiary/aromatic N) is 2. The zero-order valence-corrected chi connectivity index (χ0v) is 12.3. The van der Waals surface area contributed by atoms with Gasteiger partial charge >= 0.3 is 0 Å². The Morgan fingerprint density at radius 3 is 2.50 bits per heavy atom. The molecule has 0 bridgehead atoms. The summed E-state index contributed by atoms with van der Waals surface area (Å²) in [5.41, 5.74) is 2.04. The number of hydrogen-bond donors (Lipinski definition) is 0. The fourth-order valence-corrected chi connectivity index (χ4v) is 3.42. The highest BCUT2D eigenvalue weighted by Crippen LogP contribution is 2.22. The molecule has 1 aromatic carbocycles. The second-order valence-electron chi connectivity index (χ2n) is 6.17. The number of likely N-dealkylation sites (tertiary alicyclic amines) is 2. The molecule has 2 saturated heterocycles. The molecule has 2 fully saturated rings. The van der Waals surface area contributed by atoms with Gasteiger partial charge in [0.05, 0.1) is 0 Å². The summed E-state index contributed by atoms with van der Waals surface area (Å²) in [5, 5.41) is 0. The van der Waals surface area contributed by atoms with E-state index in [9.17, 15) is 4.79 Å². The molecule has 3 heteroatoms. The fraction of sp³-hybridized carbons (Fsp3) is 0.588. The maximum absolute atomic E-state index is 12.6. The van der Waals surface area contributed by atoms with Gasteiger partial charge in [-0.25, -0.2) is 0 Å². The van der Waals surface area contributed by atoms with Crippen LogP contribution in [0, 0.1) is 6.92 Å². The van der Waals surface area contributed by atoms with Gasteiger partial charge in [-0.15, -0.1) is 0 Å². The second-order valence-corrected chi connectivity index (χ2v) is 6.17. The van der Waals surface area contributed by atoms with Gasteiger partial charge in [0.25, 0.3) is 5.91 Å². The molecule has 0 radical (unpaired) electrons. The van der Waals surface area contributed by atoms with Crippen LogP contribution in [0.15, 0.2) is 24.3 Å². The summed E-state index contributed by atoms with van der Waals surface area (Å²) in [6.07, 6.45) is 4.95. The van der Waals surface area contributed by atoms with E-state index in [0.717, 1.165) is 31.5 Å². The maximum Gasteiger partial charge on any atom is 0.254 e. The third-order valence-electron chi connectivity index (χ3n) is 4.60. The van der Waals surface area contributed by atoms with Crippen molar-refractivity contribution in [3.05, 3.63) is 35.4 Å². The minimum atomic E-state index is 0.215. The molecular formula is C17H24N2O. The molecule has 0 N–H and O–H groups in total. The van der Waals surface area contributed by atoms with Crippen molar-refractivity contribution >= 4 is 5.91 Å². The molecule has 108 valence electrons. The van der Waals surface area contributed by atoms with Gasteiger partial charge in [0.1, 0.15) is 0 Å². The maximum atomic E-state index is 12.6. The van der Waals surface area contributed by atoms with Crippen molar-refractivity contribution in [2.24, 2.45) is 0 Å². The predicted molar refractivity (Wildman–Crippen MR) is 80.9 cm³/mol. The first kappa shape index (κ1) is 13.6. The number of carbonyl (C=O) groups excluding carboxylic acids is 1. The van der Waals surface area contributed by atoms with Crippen molar-refractivity contribution in [2.75, 3.05) is 26.2 Å². The van der Waals surface area contributed by atoms with E-state index in [1.54, 1.807) is 0 Å². The van der Waals surface area contributed by atoms with Gasteiger partial charge in [-0.05, 0) is 57.8 Å². The van der Waals surface area contributed by atoms with Crippen LogP contribution in [0.1, 0.15) is 41.6 Å². The summed E-state index contributed by atoms with van der Waals surface area (Å²) in [4.78, 5) is 17.3. The minimum absolute atomic E-state index is 0.215. The Balaban J connectivity index is 1.67. The third kappa shape index (κ3) is 2.88. The van der Waals surface area contributed by atoms with E-state index < -0.39 is 0 Å². The van der Waals surface area contributed by atoms with Crippen LogP contribution in [0.5, 0.6) is 0 Å². The van der Waals surface area contributed by atoms with Gasteiger partial charge in [-0.3, -0.25) is 4.79 Å². The van der Waals surface area contributed by atoms with E-state index in [1.807, 2.05) is 24.3 Å². The number of benzene rings is 1. The lowest BCUT2D eigenvalue weighted by molar-refractivity contribution is 0.0709. The predicted octanol–water partition coefficient (Wildman–Crippen LogP) is 2.70. The number of aryl methyl sites for hydroxylation is 1. The summed E-state index contributed by atoms with van der Waals surface area (Å²) in [6, 6.07) is 8.39. The molecule has 20 heavy (non-hydrogen) atoms. The molecule has 0 aliphatic carbocycles. The first-order chi connectivity index (χ1) is 9.74. The topological polar surface area (TPSA) is 23.6 Å². The van der Waals surface area contributed by atoms with Crippen molar-refractivity contribution in [1.82, 2.24) is 9.80 Å². The Kier molecular flexibility index (Phi) is 4.06. The third-order valence-corrected chi connectivity index (χ3v) is 4.60. The Morgan fingerprint density at radius 2 is 1.80 bits per heavy atom. The molecule has 3 rings (SSSR count). The highest BCUT2D eigenvalue weighted by molar-refractivity contribution is 5.94. The molecule has 1 atom stereocenters. The average Bonchev–Trinajstić information content (AvgIpc) is 3.11. The van der Waals surface area contributed by atoms with Crippen LogP contribution in [0.2, 0.25) is 0 Å². The number of carbonyl (C=O) groups is 1. The van der Waals surface area contributed by atoms with Crippen LogP contribution in [0.4, 0.5) is 0 Å². The molecule has 1 aromatic rings. The van der Waals surface area contributed by atoms with Crippen molar-refractivity contribution in [1.29, 1.82) is 0 Å². The van der Waals surface area contributed by atoms with Gasteiger partial charge in [0.15, 0.2) is 0 Å². The molecule has 2 aliphatic heterocycles. The zero-order chi connectivity index (χ0) is 13.9. The van der Waals surface area contributed by atoms with Crippen molar-refractivity contribution < 1.29 is 4.79 Å². The van der Waals surface area contributed by atoms with Gasteiger partial charge in [-0.2, -0.15) is 0 Å². The molecule has 2 aliphatic rings. The molecule has 0 saturated carbocycles. The van der Waals surface area contributed by atoms with Gasteiger partial charge in [0, 0.05) is 24.7 Å². The Bertz CT molecular complexity index is 462. The van der Waals surface area contributed by atoms with Crippen LogP contribution in [-0.2, 0) is 0 Å². The quantitative estimate of drug-likeness (QED) is 0.844. The van der Waals surface area contributed by atoms with Crippen LogP contribution >= 0.6 is 0 Å². The molecule has 3 nitrogen and oxygen atoms in total. The molecule has 0 unspecified atom stereocenters. The smallest absolute Gasteiger partial charge is 0.254 e. The van der Waals surface area contributed by atoms with Crippen molar-refractivity contribution in [3.63, 3.8) is 0 Å². The number of hydrogen-bond acceptors (Lipinski definition) is 2. The summed E-state index contributed by atoms with van der Waals surface area (Å²) >= 11 is 0. The van der Waals surface area contributed by atoms with E-state index in [4.69, 9.17) is 0 Å². The summed E-state index contributed by atoms with van der Waals surface area (Å²) in [7, 11) is 0. The lowest BCUT2D eigenvalue weighted by Gasteiger charge is -2.28. The lowest BCUT2D eigenvalue weighted by atomic mass is 10.1. The van der Waals surface area contributed by atoms with Gasteiger partial charge < -0.3 is 9.80 Å². The SMILES string of the molecule is Cc1ccc(C(=O)N2CCC[C@@H]2CN2CCCC2)cc1. The first-order valence-corrected chi connectivity index (χ1v) is 7.84. The van der Waals surface area contributed by atoms with Crippen molar-refractivity contribution in [3.8, 4) is 0 Å². The van der Waals surface area contributed by atoms with Gasteiger partial charge in [0.2, 0.25) is 0 Å². The molecule has 1 amide bonds. The van der Waals surface area contributed by atoms with E-state index in [2.05, 4.69) is 16.7 Å². The normalized spacial score (nSPS) is 23.4. The standard InChI is InChI=1S/C17H24N2O/c1-14-6-8-15(9-7-14)17(20)19-12-4-5-16(19)13-18-10-2-3-11-18/h6-9,16H,2-5,10-13H2,1H3/t16-/m1/s1. The Labute approximate surface area is 121 Å². The first-order valence-electron chi connectivity index (χ1n) is 7.84. The molecule has 0 spiro atoms. The van der Waals surface area contributed by atoms with Crippen LogP contribution in [-0.4, -0.2) is 47.9 Å². The van der Waals surface area contributed by atoms with E-state index in [1.165, 1.54) is 31.5 Å². The highest BCUT2D eigenvalue weighted by Gasteiger charge is 2.31. The fourth-order valence-electron chi connectivity index (χ4n) is 3.42. The minimum Gasteiger partial charge on any atom is -0.334 e. The highest BCUT2D eigenvalue weighted by atomic mass is 16.2. The second kappa shape index (κ2) is 5.96. The Morgan fingerprint density at radius 1 is 1.10 bits per heavy atom. The average molecular weight is 272 g/mol. The van der Waals surface area contributed by atoms with E-state index in [-0.39, 0.29) is 5.91 Å². The largest absolute Gasteiger partial charge is 0.334 e. The molecular weight excluding hydrogens is 248 g/mol. The summed E-state index contributed by atoms with van der Waals surface area (Å²) < 4.78 is 0. The molecule has 2 heterocycles. The van der Waals surface area contributed by atoms with E-state index in [0.29, 0.717) is 6.04 Å². The summed E-state index contributed by atoms with van der Waals surface area (Å²) in [6.45, 7) is 6.47. The Hall–Kier alpha value is -1.35. The van der Waals surface area contributed by atoms with Crippen LogP contribution in [0.25, 0.3) is 0 Å². The lowest BCUT2D eigenvalue weighted by Crippen LogP contribution is -2.42. The van der Waals surface area contributed by atoms with Crippen LogP contribution in [0.3, 0.4) is 0 Å². The molecule has 0 aromatic heterocycles.